The van der Waals surface area contributed by atoms with E-state index in [9.17, 15) is 19.2 Å². The molecule has 262 valence electrons. The first-order valence-electron chi connectivity index (χ1n) is 16.0. The third kappa shape index (κ3) is 10.9. The molecule has 1 N–H and O–H groups in total. The highest BCUT2D eigenvalue weighted by Crippen LogP contribution is 2.31. The average molecular weight is 686 g/mol. The number of rotatable bonds is 17. The van der Waals surface area contributed by atoms with Gasteiger partial charge in [0.2, 0.25) is 5.91 Å². The molecule has 0 aromatic carbocycles. The van der Waals surface area contributed by atoms with Gasteiger partial charge in [0.25, 0.3) is 5.56 Å². The van der Waals surface area contributed by atoms with E-state index >= 15 is 4.39 Å². The minimum Gasteiger partial charge on any atom is -0.486 e. The minimum absolute atomic E-state index is 0.0619. The Balaban J connectivity index is 1.91. The fourth-order valence-corrected chi connectivity index (χ4v) is 5.58. The van der Waals surface area contributed by atoms with Gasteiger partial charge in [-0.2, -0.15) is 0 Å². The lowest BCUT2D eigenvalue weighted by Crippen LogP contribution is -2.42. The Labute approximate surface area is 281 Å². The molecule has 0 radical (unpaired) electrons. The summed E-state index contributed by atoms with van der Waals surface area (Å²) in [5.41, 5.74) is 1.41. The van der Waals surface area contributed by atoms with Crippen LogP contribution in [0.1, 0.15) is 37.9 Å². The summed E-state index contributed by atoms with van der Waals surface area (Å²) in [7, 11) is 3.08. The number of nitrogens with one attached hydrogen (secondary N) is 1. The Hall–Kier alpha value is -4.30. The molecule has 0 aliphatic heterocycles. The number of allylic oxidation sites excluding steroid dienone is 1. The van der Waals surface area contributed by atoms with Crippen LogP contribution < -0.4 is 15.6 Å². The normalized spacial score (nSPS) is 12.5. The number of alkyl carbamates (subject to hydrolysis) is 1. The Morgan fingerprint density at radius 2 is 1.92 bits per heavy atom. The SMILES string of the molecule is COC(=O)N[C@@H](CC/C=C/C(=O)N(C)C)C(=O)Cc1cccn(Cc2cc3ncc(F)c(OC(C)C)c3n2COCC[Si](C)(C)C)c1=O. The number of carbonyl (C=O) groups excluding carboxylic acids is 3. The predicted molar refractivity (Wildman–Crippen MR) is 184 cm³/mol. The van der Waals surface area contributed by atoms with Crippen LogP contribution in [-0.4, -0.2) is 84.8 Å². The van der Waals surface area contributed by atoms with Crippen LogP contribution in [0.2, 0.25) is 25.7 Å². The van der Waals surface area contributed by atoms with Gasteiger partial charge in [-0.1, -0.05) is 31.8 Å². The number of likely N-dealkylation sites (N-methyl/N-ethyl adjacent to an activating group) is 1. The van der Waals surface area contributed by atoms with Gasteiger partial charge in [-0.25, -0.2) is 9.18 Å². The molecule has 0 fully saturated rings. The first-order chi connectivity index (χ1) is 22.6. The highest BCUT2D eigenvalue weighted by molar-refractivity contribution is 6.76. The van der Waals surface area contributed by atoms with Crippen molar-refractivity contribution in [2.75, 3.05) is 27.8 Å². The lowest BCUT2D eigenvalue weighted by Gasteiger charge is -2.19. The summed E-state index contributed by atoms with van der Waals surface area (Å²) in [5.74, 6) is -1.13. The molecule has 1 atom stereocenters. The van der Waals surface area contributed by atoms with Crippen molar-refractivity contribution in [3.05, 3.63) is 70.2 Å². The van der Waals surface area contributed by atoms with Crippen LogP contribution in [0.5, 0.6) is 5.75 Å². The fraction of sp³-hybridized carbons (Fsp3) is 0.500. The Morgan fingerprint density at radius 3 is 2.56 bits per heavy atom. The van der Waals surface area contributed by atoms with Crippen molar-refractivity contribution in [1.82, 2.24) is 24.3 Å². The van der Waals surface area contributed by atoms with Crippen LogP contribution in [0.15, 0.2) is 47.5 Å². The summed E-state index contributed by atoms with van der Waals surface area (Å²) < 4.78 is 34.9. The number of amides is 2. The van der Waals surface area contributed by atoms with Gasteiger partial charge in [0, 0.05) is 52.7 Å². The van der Waals surface area contributed by atoms with Crippen LogP contribution in [-0.2, 0) is 38.8 Å². The van der Waals surface area contributed by atoms with Gasteiger partial charge in [-0.05, 0) is 50.9 Å². The van der Waals surface area contributed by atoms with Crippen LogP contribution in [0.3, 0.4) is 0 Å². The molecule has 0 aliphatic carbocycles. The number of halogens is 1. The van der Waals surface area contributed by atoms with E-state index in [4.69, 9.17) is 14.2 Å². The van der Waals surface area contributed by atoms with Crippen LogP contribution in [0.4, 0.5) is 9.18 Å². The number of pyridine rings is 2. The summed E-state index contributed by atoms with van der Waals surface area (Å²) in [6.07, 6.45) is 4.98. The molecule has 14 heteroatoms. The first kappa shape index (κ1) is 38.1. The summed E-state index contributed by atoms with van der Waals surface area (Å²) in [4.78, 5) is 56.6. The summed E-state index contributed by atoms with van der Waals surface area (Å²) >= 11 is 0. The quantitative estimate of drug-likeness (QED) is 0.122. The zero-order valence-corrected chi connectivity index (χ0v) is 30.2. The highest BCUT2D eigenvalue weighted by atomic mass is 28.3. The third-order valence-electron chi connectivity index (χ3n) is 7.47. The van der Waals surface area contributed by atoms with Crippen LogP contribution in [0, 0.1) is 5.82 Å². The number of hydrogen-bond donors (Lipinski definition) is 1. The van der Waals surface area contributed by atoms with Crippen molar-refractivity contribution in [2.45, 2.75) is 84.2 Å². The molecule has 0 saturated carbocycles. The predicted octanol–water partition coefficient (Wildman–Crippen LogP) is 4.75. The molecule has 2 amide bonds. The number of methoxy groups -OCH3 is 1. The summed E-state index contributed by atoms with van der Waals surface area (Å²) in [6, 6.07) is 5.02. The van der Waals surface area contributed by atoms with Gasteiger partial charge in [0.05, 0.1) is 37.5 Å². The standard InChI is InChI=1S/C34H48FN5O7Si/c1-23(2)47-32-26(35)20-36-28-19-25(40(31(28)32)22-46-16-17-48(6,7)8)21-39-15-11-12-24(33(39)43)18-29(41)27(37-34(44)45-5)13-9-10-14-30(42)38(3)4/h10-12,14-15,19-20,23,27H,9,13,16-18,21-22H2,1-8H3,(H,37,44)/b14-10+/t27-/m0/s1. The number of aromatic nitrogens is 3. The average Bonchev–Trinajstić information content (AvgIpc) is 3.36. The van der Waals surface area contributed by atoms with Crippen molar-refractivity contribution in [1.29, 1.82) is 0 Å². The number of ketones is 1. The van der Waals surface area contributed by atoms with E-state index in [0.29, 0.717) is 29.8 Å². The molecule has 48 heavy (non-hydrogen) atoms. The van der Waals surface area contributed by atoms with Gasteiger partial charge < -0.3 is 33.6 Å². The second kappa shape index (κ2) is 17.2. The Kier molecular flexibility index (Phi) is 13.7. The van der Waals surface area contributed by atoms with Crippen LogP contribution in [0.25, 0.3) is 11.0 Å². The Bertz CT molecular complexity index is 1680. The second-order valence-electron chi connectivity index (χ2n) is 13.3. The molecule has 3 aromatic rings. The van der Waals surface area contributed by atoms with E-state index in [2.05, 4.69) is 29.9 Å². The van der Waals surface area contributed by atoms with E-state index in [1.165, 1.54) is 22.7 Å². The molecule has 3 aromatic heterocycles. The molecule has 0 saturated heterocycles. The molecule has 0 bridgehead atoms. The fourth-order valence-electron chi connectivity index (χ4n) is 4.82. The number of carbonyl (C=O) groups is 3. The van der Waals surface area contributed by atoms with Crippen molar-refractivity contribution in [2.24, 2.45) is 0 Å². The maximum atomic E-state index is 15.0. The highest BCUT2D eigenvalue weighted by Gasteiger charge is 2.24. The number of ether oxygens (including phenoxy) is 3. The van der Waals surface area contributed by atoms with Crippen molar-refractivity contribution in [3.63, 3.8) is 0 Å². The van der Waals surface area contributed by atoms with Crippen molar-refractivity contribution >= 4 is 36.9 Å². The smallest absolute Gasteiger partial charge is 0.407 e. The Morgan fingerprint density at radius 1 is 1.19 bits per heavy atom. The van der Waals surface area contributed by atoms with Crippen molar-refractivity contribution < 1.29 is 33.0 Å². The zero-order valence-electron chi connectivity index (χ0n) is 29.2. The first-order valence-corrected chi connectivity index (χ1v) is 19.7. The molecular formula is C34H48FN5O7Si. The van der Waals surface area contributed by atoms with Crippen molar-refractivity contribution in [3.8, 4) is 5.75 Å². The molecule has 12 nitrogen and oxygen atoms in total. The number of Topliss-reactive ketones (excluding diaryl/α,β-unsaturated/α-hetero) is 1. The molecule has 0 unspecified atom stereocenters. The lowest BCUT2D eigenvalue weighted by atomic mass is 10.0. The molecular weight excluding hydrogens is 637 g/mol. The van der Waals surface area contributed by atoms with Crippen LogP contribution >= 0.6 is 0 Å². The molecule has 0 spiro atoms. The molecule has 3 rings (SSSR count). The monoisotopic (exact) mass is 685 g/mol. The van der Waals surface area contributed by atoms with Gasteiger partial charge >= 0.3 is 6.09 Å². The second-order valence-corrected chi connectivity index (χ2v) is 18.9. The summed E-state index contributed by atoms with van der Waals surface area (Å²) in [6.45, 7) is 11.1. The number of nitrogens with zero attached hydrogens (tertiary/aromatic N) is 4. The van der Waals surface area contributed by atoms with E-state index in [0.717, 1.165) is 12.2 Å². The van der Waals surface area contributed by atoms with Gasteiger partial charge in [-0.3, -0.25) is 19.4 Å². The lowest BCUT2D eigenvalue weighted by molar-refractivity contribution is -0.123. The molecule has 0 aliphatic rings. The van der Waals surface area contributed by atoms with E-state index in [1.807, 2.05) is 13.8 Å². The van der Waals surface area contributed by atoms with Gasteiger partial charge in [0.15, 0.2) is 17.3 Å². The van der Waals surface area contributed by atoms with E-state index in [1.54, 1.807) is 49.1 Å². The maximum absolute atomic E-state index is 15.0. The van der Waals surface area contributed by atoms with Gasteiger partial charge in [0.1, 0.15) is 12.2 Å². The number of hydrogen-bond acceptors (Lipinski definition) is 8. The van der Waals surface area contributed by atoms with E-state index < -0.39 is 31.6 Å². The largest absolute Gasteiger partial charge is 0.486 e. The van der Waals surface area contributed by atoms with E-state index in [-0.39, 0.29) is 55.2 Å². The summed E-state index contributed by atoms with van der Waals surface area (Å²) in [5, 5.41) is 2.54. The van der Waals surface area contributed by atoms with Gasteiger partial charge in [-0.15, -0.1) is 0 Å². The number of fused-ring (bicyclic) bond motifs is 1. The minimum atomic E-state index is -1.37. The third-order valence-corrected chi connectivity index (χ3v) is 9.17. The topological polar surface area (TPSA) is 134 Å². The molecule has 3 heterocycles. The zero-order chi connectivity index (χ0) is 35.6. The maximum Gasteiger partial charge on any atom is 0.407 e.